The number of anilines is 1. The number of imidazole rings is 1. The summed E-state index contributed by atoms with van der Waals surface area (Å²) in [5.74, 6) is 0.235. The Bertz CT molecular complexity index is 455. The summed E-state index contributed by atoms with van der Waals surface area (Å²) in [7, 11) is 0. The van der Waals surface area contributed by atoms with E-state index in [1.54, 1.807) is 18.4 Å². The lowest BCUT2D eigenvalue weighted by Gasteiger charge is -2.07. The maximum atomic E-state index is 11.5. The monoisotopic (exact) mass is 255 g/mol. The molecule has 1 aromatic rings. The zero-order valence-corrected chi connectivity index (χ0v) is 10.4. The number of hydrogen-bond acceptors (Lipinski definition) is 5. The van der Waals surface area contributed by atoms with Crippen LogP contribution in [0.4, 0.5) is 10.6 Å². The van der Waals surface area contributed by atoms with Gasteiger partial charge in [-0.05, 0) is 13.8 Å². The highest BCUT2D eigenvalue weighted by molar-refractivity contribution is 5.92. The van der Waals surface area contributed by atoms with Gasteiger partial charge in [-0.1, -0.05) is 0 Å². The molecule has 18 heavy (non-hydrogen) atoms. The summed E-state index contributed by atoms with van der Waals surface area (Å²) in [5.41, 5.74) is 10.8. The number of aryl methyl sites for hydroxylation is 1. The lowest BCUT2D eigenvalue weighted by Crippen LogP contribution is -2.32. The molecule has 0 saturated heterocycles. The second-order valence-corrected chi connectivity index (χ2v) is 3.56. The lowest BCUT2D eigenvalue weighted by atomic mass is 10.4. The van der Waals surface area contributed by atoms with Crippen LogP contribution in [0.5, 0.6) is 0 Å². The predicted octanol–water partition coefficient (Wildman–Crippen LogP) is -0.381. The Balaban J connectivity index is 2.80. The predicted molar refractivity (Wildman–Crippen MR) is 64.9 cm³/mol. The van der Waals surface area contributed by atoms with Crippen molar-refractivity contribution in [2.75, 3.05) is 18.9 Å². The number of ether oxygens (including phenoxy) is 1. The van der Waals surface area contributed by atoms with E-state index in [0.29, 0.717) is 18.9 Å². The van der Waals surface area contributed by atoms with Gasteiger partial charge in [0.1, 0.15) is 11.6 Å². The number of nitrogens with two attached hydrogens (primary N) is 2. The van der Waals surface area contributed by atoms with Gasteiger partial charge in [-0.25, -0.2) is 14.6 Å². The van der Waals surface area contributed by atoms with Gasteiger partial charge in [-0.3, -0.25) is 0 Å². The maximum Gasteiger partial charge on any atom is 0.360 e. The summed E-state index contributed by atoms with van der Waals surface area (Å²) in [4.78, 5) is 26.1. The molecule has 1 aromatic heterocycles. The van der Waals surface area contributed by atoms with Gasteiger partial charge in [0, 0.05) is 13.1 Å². The van der Waals surface area contributed by atoms with Gasteiger partial charge in [0.2, 0.25) is 0 Å². The highest BCUT2D eigenvalue weighted by atomic mass is 16.5. The Morgan fingerprint density at radius 3 is 2.72 bits per heavy atom. The third-order valence-electron chi connectivity index (χ3n) is 2.30. The number of nitrogens with one attached hydrogen (secondary N) is 1. The molecule has 8 nitrogen and oxygen atoms in total. The van der Waals surface area contributed by atoms with Crippen molar-refractivity contribution in [3.63, 3.8) is 0 Å². The summed E-state index contributed by atoms with van der Waals surface area (Å²) in [5, 5.41) is 2.43. The van der Waals surface area contributed by atoms with Crippen LogP contribution in [0.15, 0.2) is 0 Å². The number of nitrogens with zero attached hydrogens (tertiary/aromatic N) is 2. The molecule has 0 spiro atoms. The van der Waals surface area contributed by atoms with E-state index < -0.39 is 12.0 Å². The van der Waals surface area contributed by atoms with E-state index in [-0.39, 0.29) is 18.1 Å². The molecule has 100 valence electrons. The number of nitrogen functional groups attached to an aromatic ring is 1. The van der Waals surface area contributed by atoms with Crippen molar-refractivity contribution < 1.29 is 14.3 Å². The maximum absolute atomic E-state index is 11.5. The first-order chi connectivity index (χ1) is 8.47. The molecule has 0 aliphatic heterocycles. The third kappa shape index (κ3) is 3.12. The SMILES string of the molecule is CCOC(=O)c1nc(C)n(CCNC(N)=O)c1N. The second kappa shape index (κ2) is 5.89. The average Bonchev–Trinajstić information content (AvgIpc) is 2.56. The van der Waals surface area contributed by atoms with Crippen molar-refractivity contribution in [2.24, 2.45) is 5.73 Å². The minimum atomic E-state index is -0.614. The van der Waals surface area contributed by atoms with E-state index in [2.05, 4.69) is 10.3 Å². The van der Waals surface area contributed by atoms with Crippen LogP contribution in [0.25, 0.3) is 0 Å². The molecular formula is C10H17N5O3. The number of hydrogen-bond donors (Lipinski definition) is 3. The first-order valence-electron chi connectivity index (χ1n) is 5.50. The van der Waals surface area contributed by atoms with Crippen molar-refractivity contribution in [3.05, 3.63) is 11.5 Å². The quantitative estimate of drug-likeness (QED) is 0.618. The molecule has 0 radical (unpaired) electrons. The van der Waals surface area contributed by atoms with Gasteiger partial charge in [0.15, 0.2) is 5.69 Å². The zero-order valence-electron chi connectivity index (χ0n) is 10.4. The molecule has 1 rings (SSSR count). The van der Waals surface area contributed by atoms with Crippen LogP contribution < -0.4 is 16.8 Å². The van der Waals surface area contributed by atoms with Crippen LogP contribution in [-0.4, -0.2) is 34.7 Å². The molecule has 0 aliphatic rings. The van der Waals surface area contributed by atoms with Crippen molar-refractivity contribution in [1.82, 2.24) is 14.9 Å². The van der Waals surface area contributed by atoms with Gasteiger partial charge in [0.25, 0.3) is 0 Å². The fraction of sp³-hybridized carbons (Fsp3) is 0.500. The minimum Gasteiger partial charge on any atom is -0.461 e. The van der Waals surface area contributed by atoms with Gasteiger partial charge in [0.05, 0.1) is 6.61 Å². The molecule has 0 unspecified atom stereocenters. The van der Waals surface area contributed by atoms with Gasteiger partial charge in [-0.15, -0.1) is 0 Å². The molecule has 8 heteroatoms. The fourth-order valence-electron chi connectivity index (χ4n) is 1.50. The van der Waals surface area contributed by atoms with E-state index in [9.17, 15) is 9.59 Å². The Labute approximate surface area is 104 Å². The highest BCUT2D eigenvalue weighted by Crippen LogP contribution is 2.14. The topological polar surface area (TPSA) is 125 Å². The van der Waals surface area contributed by atoms with Crippen LogP contribution >= 0.6 is 0 Å². The van der Waals surface area contributed by atoms with E-state index in [1.165, 1.54) is 0 Å². The number of aromatic nitrogens is 2. The number of carbonyl (C=O) groups is 2. The summed E-state index contributed by atoms with van der Waals surface area (Å²) >= 11 is 0. The van der Waals surface area contributed by atoms with E-state index in [4.69, 9.17) is 16.2 Å². The van der Waals surface area contributed by atoms with Gasteiger partial charge >= 0.3 is 12.0 Å². The van der Waals surface area contributed by atoms with E-state index in [0.717, 1.165) is 0 Å². The molecule has 0 fully saturated rings. The van der Waals surface area contributed by atoms with Gasteiger partial charge < -0.3 is 26.1 Å². The van der Waals surface area contributed by atoms with Crippen LogP contribution in [0.1, 0.15) is 23.2 Å². The van der Waals surface area contributed by atoms with Crippen molar-refractivity contribution >= 4 is 17.8 Å². The van der Waals surface area contributed by atoms with Crippen molar-refractivity contribution in [1.29, 1.82) is 0 Å². The van der Waals surface area contributed by atoms with Crippen molar-refractivity contribution in [2.45, 2.75) is 20.4 Å². The average molecular weight is 255 g/mol. The second-order valence-electron chi connectivity index (χ2n) is 3.56. The number of urea groups is 1. The molecule has 1 heterocycles. The van der Waals surface area contributed by atoms with Crippen LogP contribution in [-0.2, 0) is 11.3 Å². The molecule has 0 aliphatic carbocycles. The normalized spacial score (nSPS) is 10.1. The zero-order chi connectivity index (χ0) is 13.7. The molecule has 0 saturated carbocycles. The molecular weight excluding hydrogens is 238 g/mol. The number of primary amides is 1. The molecule has 0 bridgehead atoms. The summed E-state index contributed by atoms with van der Waals surface area (Å²) in [6.07, 6.45) is 0. The smallest absolute Gasteiger partial charge is 0.360 e. The van der Waals surface area contributed by atoms with E-state index >= 15 is 0 Å². The Morgan fingerprint density at radius 2 is 2.17 bits per heavy atom. The van der Waals surface area contributed by atoms with Crippen LogP contribution in [0.3, 0.4) is 0 Å². The summed E-state index contributed by atoms with van der Waals surface area (Å²) < 4.78 is 6.45. The molecule has 0 aromatic carbocycles. The summed E-state index contributed by atoms with van der Waals surface area (Å²) in [6, 6.07) is -0.614. The lowest BCUT2D eigenvalue weighted by molar-refractivity contribution is 0.0521. The fourth-order valence-corrected chi connectivity index (χ4v) is 1.50. The largest absolute Gasteiger partial charge is 0.461 e. The first-order valence-corrected chi connectivity index (χ1v) is 5.50. The third-order valence-corrected chi connectivity index (χ3v) is 2.30. The summed E-state index contributed by atoms with van der Waals surface area (Å²) in [6.45, 7) is 4.36. The van der Waals surface area contributed by atoms with Crippen LogP contribution in [0.2, 0.25) is 0 Å². The van der Waals surface area contributed by atoms with E-state index in [1.807, 2.05) is 0 Å². The van der Waals surface area contributed by atoms with Crippen molar-refractivity contribution in [3.8, 4) is 0 Å². The minimum absolute atomic E-state index is 0.0911. The number of amides is 2. The number of rotatable bonds is 5. The Hall–Kier alpha value is -2.25. The standard InChI is InChI=1S/C10H17N5O3/c1-3-18-9(16)7-8(11)15(6(2)14-7)5-4-13-10(12)17/h3-5,11H2,1-2H3,(H3,12,13,17). The number of carbonyl (C=O) groups excluding carboxylic acids is 2. The highest BCUT2D eigenvalue weighted by Gasteiger charge is 2.19. The molecule has 0 atom stereocenters. The first kappa shape index (κ1) is 13.8. The number of esters is 1. The Kier molecular flexibility index (Phi) is 4.52. The Morgan fingerprint density at radius 1 is 1.50 bits per heavy atom. The molecule has 5 N–H and O–H groups in total. The van der Waals surface area contributed by atoms with Gasteiger partial charge in [-0.2, -0.15) is 0 Å². The molecule has 2 amide bonds. The van der Waals surface area contributed by atoms with Crippen LogP contribution in [0, 0.1) is 6.92 Å².